The van der Waals surface area contributed by atoms with E-state index in [-0.39, 0.29) is 17.6 Å². The molecule has 3 aromatic carbocycles. The number of amides is 2. The van der Waals surface area contributed by atoms with Gasteiger partial charge in [0, 0.05) is 24.7 Å². The first-order chi connectivity index (χ1) is 18.5. The quantitative estimate of drug-likeness (QED) is 0.423. The maximum absolute atomic E-state index is 13.5. The number of anilines is 1. The van der Waals surface area contributed by atoms with E-state index >= 15 is 0 Å². The lowest BCUT2D eigenvalue weighted by molar-refractivity contribution is -0.117. The molecule has 2 heterocycles. The number of ether oxygens (including phenoxy) is 1. The van der Waals surface area contributed by atoms with Crippen molar-refractivity contribution in [1.29, 1.82) is 0 Å². The minimum absolute atomic E-state index is 0.0860. The zero-order valence-corrected chi connectivity index (χ0v) is 22.2. The third-order valence-corrected chi connectivity index (χ3v) is 7.35. The van der Waals surface area contributed by atoms with Crippen LogP contribution in [-0.2, 0) is 11.3 Å². The van der Waals surface area contributed by atoms with Crippen molar-refractivity contribution in [3.05, 3.63) is 101 Å². The number of hydrogen-bond acceptors (Lipinski definition) is 4. The highest BCUT2D eigenvalue weighted by Gasteiger charge is 2.30. The zero-order valence-electron chi connectivity index (χ0n) is 22.2. The van der Waals surface area contributed by atoms with E-state index in [0.29, 0.717) is 30.4 Å². The molecule has 0 bridgehead atoms. The molecule has 6 nitrogen and oxygen atoms in total. The Morgan fingerprint density at radius 2 is 1.87 bits per heavy atom. The largest absolute Gasteiger partial charge is 0.449 e. The van der Waals surface area contributed by atoms with Crippen molar-refractivity contribution in [2.24, 2.45) is 0 Å². The van der Waals surface area contributed by atoms with Crippen LogP contribution in [0.1, 0.15) is 53.2 Å². The summed E-state index contributed by atoms with van der Waals surface area (Å²) in [6, 6.07) is 23.6. The summed E-state index contributed by atoms with van der Waals surface area (Å²) < 4.78 is 6.02. The van der Waals surface area contributed by atoms with E-state index in [1.807, 2.05) is 61.5 Å². The van der Waals surface area contributed by atoms with Crippen molar-refractivity contribution in [3.8, 4) is 5.75 Å². The van der Waals surface area contributed by atoms with Crippen molar-refractivity contribution in [2.45, 2.75) is 45.7 Å². The van der Waals surface area contributed by atoms with Gasteiger partial charge in [0.15, 0.2) is 11.5 Å². The summed E-state index contributed by atoms with van der Waals surface area (Å²) in [5.74, 6) is 0.616. The summed E-state index contributed by atoms with van der Waals surface area (Å²) in [7, 11) is 0. The van der Waals surface area contributed by atoms with Crippen LogP contribution in [-0.4, -0.2) is 42.4 Å². The molecule has 0 spiro atoms. The van der Waals surface area contributed by atoms with Gasteiger partial charge in [0.25, 0.3) is 11.8 Å². The molecule has 2 amide bonds. The number of fused-ring (bicyclic) bond motifs is 1. The van der Waals surface area contributed by atoms with Crippen LogP contribution in [0.2, 0.25) is 0 Å². The molecule has 5 rings (SSSR count). The lowest BCUT2D eigenvalue weighted by Gasteiger charge is -2.33. The monoisotopic (exact) mass is 509 g/mol. The fourth-order valence-electron chi connectivity index (χ4n) is 5.20. The van der Waals surface area contributed by atoms with E-state index < -0.39 is 0 Å². The fourth-order valence-corrected chi connectivity index (χ4v) is 5.20. The first-order valence-corrected chi connectivity index (χ1v) is 13.5. The highest BCUT2D eigenvalue weighted by molar-refractivity contribution is 6.09. The number of benzene rings is 3. The molecule has 196 valence electrons. The van der Waals surface area contributed by atoms with Gasteiger partial charge in [0.2, 0.25) is 0 Å². The number of nitrogens with zero attached hydrogens (tertiary/aromatic N) is 2. The van der Waals surface area contributed by atoms with Gasteiger partial charge in [0.05, 0.1) is 12.2 Å². The summed E-state index contributed by atoms with van der Waals surface area (Å²) >= 11 is 0. The average molecular weight is 510 g/mol. The molecule has 3 aromatic rings. The van der Waals surface area contributed by atoms with Crippen LogP contribution in [0.5, 0.6) is 5.75 Å². The first kappa shape index (κ1) is 25.7. The van der Waals surface area contributed by atoms with Crippen LogP contribution in [0.4, 0.5) is 5.69 Å². The first-order valence-electron chi connectivity index (χ1n) is 13.5. The highest BCUT2D eigenvalue weighted by atomic mass is 16.5. The van der Waals surface area contributed by atoms with Gasteiger partial charge in [-0.25, -0.2) is 0 Å². The summed E-state index contributed by atoms with van der Waals surface area (Å²) in [4.78, 5) is 30.4. The van der Waals surface area contributed by atoms with Crippen LogP contribution in [0.3, 0.4) is 0 Å². The molecule has 0 aromatic heterocycles. The summed E-state index contributed by atoms with van der Waals surface area (Å²) in [5, 5.41) is 3.04. The Morgan fingerprint density at radius 3 is 2.66 bits per heavy atom. The van der Waals surface area contributed by atoms with E-state index in [2.05, 4.69) is 23.2 Å². The van der Waals surface area contributed by atoms with Crippen molar-refractivity contribution in [1.82, 2.24) is 10.2 Å². The third kappa shape index (κ3) is 5.97. The second kappa shape index (κ2) is 11.7. The third-order valence-electron chi connectivity index (χ3n) is 7.35. The Labute approximate surface area is 224 Å². The van der Waals surface area contributed by atoms with Crippen LogP contribution >= 0.6 is 0 Å². The minimum Gasteiger partial charge on any atom is -0.449 e. The molecule has 1 fully saturated rings. The summed E-state index contributed by atoms with van der Waals surface area (Å²) in [6.45, 7) is 7.37. The van der Waals surface area contributed by atoms with Crippen LogP contribution < -0.4 is 15.0 Å². The predicted octanol–water partition coefficient (Wildman–Crippen LogP) is 5.57. The van der Waals surface area contributed by atoms with E-state index in [1.54, 1.807) is 23.1 Å². The molecule has 0 saturated carbocycles. The zero-order chi connectivity index (χ0) is 26.5. The molecule has 0 radical (unpaired) electrons. The Hall–Kier alpha value is -3.90. The molecule has 6 heteroatoms. The molecule has 2 aliphatic rings. The number of aryl methyl sites for hydroxylation is 1. The minimum atomic E-state index is -0.195. The van der Waals surface area contributed by atoms with Crippen molar-refractivity contribution >= 4 is 23.6 Å². The maximum atomic E-state index is 13.5. The Kier molecular flexibility index (Phi) is 7.89. The molecule has 1 atom stereocenters. The van der Waals surface area contributed by atoms with Gasteiger partial charge >= 0.3 is 0 Å². The number of rotatable bonds is 7. The van der Waals surface area contributed by atoms with E-state index in [0.717, 1.165) is 35.5 Å². The van der Waals surface area contributed by atoms with Gasteiger partial charge in [-0.1, -0.05) is 60.5 Å². The van der Waals surface area contributed by atoms with Gasteiger partial charge < -0.3 is 10.1 Å². The lowest BCUT2D eigenvalue weighted by atomic mass is 10.0. The van der Waals surface area contributed by atoms with Gasteiger partial charge in [-0.15, -0.1) is 0 Å². The Morgan fingerprint density at radius 1 is 1.05 bits per heavy atom. The Balaban J connectivity index is 1.27. The van der Waals surface area contributed by atoms with Crippen LogP contribution in [0.25, 0.3) is 6.08 Å². The van der Waals surface area contributed by atoms with Crippen LogP contribution in [0.15, 0.2) is 78.6 Å². The number of carbonyl (C=O) groups excluding carboxylic acids is 2. The smallest absolute Gasteiger partial charge is 0.294 e. The standard InChI is InChI=1S/C32H35N3O3/c1-23-8-7-10-26(20-23)22-35-28-11-3-4-12-29(28)38-30(32(35)37)21-25-13-15-27(16-14-25)31(36)33-17-19-34-18-6-5-9-24(34)2/h3-4,7-8,10-16,20-21,24H,5-6,9,17-19,22H2,1-2H3,(H,33,36)/b30-21+/t24-/m1/s1. The molecular formula is C32H35N3O3. The summed E-state index contributed by atoms with van der Waals surface area (Å²) in [5.41, 5.74) is 4.35. The molecule has 0 unspecified atom stereocenters. The molecule has 1 saturated heterocycles. The predicted molar refractivity (Wildman–Crippen MR) is 151 cm³/mol. The molecule has 1 N–H and O–H groups in total. The maximum Gasteiger partial charge on any atom is 0.294 e. The second-order valence-electron chi connectivity index (χ2n) is 10.2. The van der Waals surface area contributed by atoms with Gasteiger partial charge in [0.1, 0.15) is 0 Å². The number of carbonyl (C=O) groups is 2. The van der Waals surface area contributed by atoms with E-state index in [1.165, 1.54) is 19.3 Å². The number of piperidine rings is 1. The van der Waals surface area contributed by atoms with Gasteiger partial charge in [-0.2, -0.15) is 0 Å². The topological polar surface area (TPSA) is 61.9 Å². The summed E-state index contributed by atoms with van der Waals surface area (Å²) in [6.07, 6.45) is 5.49. The van der Waals surface area contributed by atoms with Gasteiger partial charge in [-0.3, -0.25) is 19.4 Å². The lowest BCUT2D eigenvalue weighted by Crippen LogP contribution is -2.42. The van der Waals surface area contributed by atoms with Crippen LogP contribution in [0, 0.1) is 6.92 Å². The molecule has 0 aliphatic carbocycles. The van der Waals surface area contributed by atoms with Gasteiger partial charge in [-0.05, 0) is 74.7 Å². The Bertz CT molecular complexity index is 1330. The fraction of sp³-hybridized carbons (Fsp3) is 0.312. The number of para-hydroxylation sites is 2. The molecule has 38 heavy (non-hydrogen) atoms. The van der Waals surface area contributed by atoms with Crippen molar-refractivity contribution in [3.63, 3.8) is 0 Å². The number of nitrogens with one attached hydrogen (secondary N) is 1. The molecule has 2 aliphatic heterocycles. The average Bonchev–Trinajstić information content (AvgIpc) is 2.92. The molecular weight excluding hydrogens is 474 g/mol. The SMILES string of the molecule is Cc1cccc(CN2C(=O)/C(=C\c3ccc(C(=O)NCCN4CCCC[C@H]4C)cc3)Oc3ccccc32)c1. The van der Waals surface area contributed by atoms with E-state index in [4.69, 9.17) is 4.74 Å². The van der Waals surface area contributed by atoms with Crippen molar-refractivity contribution < 1.29 is 14.3 Å². The number of hydrogen-bond donors (Lipinski definition) is 1. The highest BCUT2D eigenvalue weighted by Crippen LogP contribution is 2.36. The second-order valence-corrected chi connectivity index (χ2v) is 10.2. The van der Waals surface area contributed by atoms with E-state index in [9.17, 15) is 9.59 Å². The number of likely N-dealkylation sites (tertiary alicyclic amines) is 1. The van der Waals surface area contributed by atoms with Crippen molar-refractivity contribution in [2.75, 3.05) is 24.5 Å². The normalized spacial score (nSPS) is 18.7.